The molecule has 1 fully saturated rings. The van der Waals surface area contributed by atoms with Crippen LogP contribution in [0.25, 0.3) is 0 Å². The number of benzene rings is 1. The van der Waals surface area contributed by atoms with Crippen molar-refractivity contribution in [1.29, 1.82) is 0 Å². The Morgan fingerprint density at radius 1 is 1.33 bits per heavy atom. The average Bonchev–Trinajstić information content (AvgIpc) is 2.39. The number of carbonyl (C=O) groups excluding carboxylic acids is 1. The highest BCUT2D eigenvalue weighted by Crippen LogP contribution is 2.22. The quantitative estimate of drug-likeness (QED) is 0.822. The van der Waals surface area contributed by atoms with Crippen LogP contribution in [0.2, 0.25) is 0 Å². The van der Waals surface area contributed by atoms with Crippen molar-refractivity contribution >= 4 is 11.5 Å². The lowest BCUT2D eigenvalue weighted by molar-refractivity contribution is -0.128. The molecule has 0 bridgehead atoms. The average molecular weight is 247 g/mol. The molecule has 0 amide bonds. The molecule has 0 aliphatic carbocycles. The zero-order chi connectivity index (χ0) is 13.1. The summed E-state index contributed by atoms with van der Waals surface area (Å²) < 4.78 is 5.46. The van der Waals surface area contributed by atoms with Crippen LogP contribution in [-0.4, -0.2) is 31.6 Å². The second-order valence-electron chi connectivity index (χ2n) is 5.16. The van der Waals surface area contributed by atoms with E-state index < -0.39 is 0 Å². The van der Waals surface area contributed by atoms with Gasteiger partial charge in [0.1, 0.15) is 6.10 Å². The molecule has 3 heteroatoms. The highest BCUT2D eigenvalue weighted by Gasteiger charge is 2.23. The summed E-state index contributed by atoms with van der Waals surface area (Å²) in [5.41, 5.74) is 2.52. The summed E-state index contributed by atoms with van der Waals surface area (Å²) in [5.74, 6) is 0.659. The minimum Gasteiger partial charge on any atom is -0.367 e. The standard InChI is InChI=1S/C15H21NO2/c1-11(2)13-4-6-14(7-5-13)16-8-9-18-15(10-16)12(3)17/h4-7,11,15H,8-10H2,1-3H3/t15-/m1/s1. The predicted octanol–water partition coefficient (Wildman–Crippen LogP) is 2.60. The molecular weight excluding hydrogens is 226 g/mol. The van der Waals surface area contributed by atoms with Crippen LogP contribution >= 0.6 is 0 Å². The van der Waals surface area contributed by atoms with Gasteiger partial charge in [-0.1, -0.05) is 26.0 Å². The largest absolute Gasteiger partial charge is 0.367 e. The zero-order valence-electron chi connectivity index (χ0n) is 11.3. The van der Waals surface area contributed by atoms with Crippen molar-refractivity contribution in [2.24, 2.45) is 0 Å². The van der Waals surface area contributed by atoms with E-state index in [1.54, 1.807) is 6.92 Å². The van der Waals surface area contributed by atoms with Crippen molar-refractivity contribution in [2.75, 3.05) is 24.6 Å². The Bertz CT molecular complexity index is 411. The van der Waals surface area contributed by atoms with Crippen molar-refractivity contribution in [1.82, 2.24) is 0 Å². The van der Waals surface area contributed by atoms with E-state index in [1.807, 2.05) is 0 Å². The predicted molar refractivity (Wildman–Crippen MR) is 73.2 cm³/mol. The van der Waals surface area contributed by atoms with Crippen molar-refractivity contribution in [2.45, 2.75) is 32.8 Å². The van der Waals surface area contributed by atoms with Gasteiger partial charge in [-0.15, -0.1) is 0 Å². The van der Waals surface area contributed by atoms with E-state index >= 15 is 0 Å². The lowest BCUT2D eigenvalue weighted by Crippen LogP contribution is -2.45. The molecular formula is C15H21NO2. The zero-order valence-corrected chi connectivity index (χ0v) is 11.3. The normalized spacial score (nSPS) is 20.2. The highest BCUT2D eigenvalue weighted by molar-refractivity contribution is 5.81. The van der Waals surface area contributed by atoms with Crippen LogP contribution in [0.5, 0.6) is 0 Å². The Balaban J connectivity index is 2.09. The number of rotatable bonds is 3. The third-order valence-electron chi connectivity index (χ3n) is 3.44. The first-order valence-electron chi connectivity index (χ1n) is 6.55. The van der Waals surface area contributed by atoms with Gasteiger partial charge < -0.3 is 9.64 Å². The number of morpholine rings is 1. The number of Topliss-reactive ketones (excluding diaryl/α,β-unsaturated/α-hetero) is 1. The van der Waals surface area contributed by atoms with Crippen LogP contribution in [-0.2, 0) is 9.53 Å². The van der Waals surface area contributed by atoms with Gasteiger partial charge in [-0.05, 0) is 30.5 Å². The number of ketones is 1. The molecule has 1 aliphatic heterocycles. The van der Waals surface area contributed by atoms with Gasteiger partial charge in [0.25, 0.3) is 0 Å². The fourth-order valence-electron chi connectivity index (χ4n) is 2.20. The monoisotopic (exact) mass is 247 g/mol. The lowest BCUT2D eigenvalue weighted by atomic mass is 10.0. The molecule has 0 radical (unpaired) electrons. The first-order chi connectivity index (χ1) is 8.58. The molecule has 1 saturated heterocycles. The van der Waals surface area contributed by atoms with Crippen LogP contribution in [0.1, 0.15) is 32.3 Å². The summed E-state index contributed by atoms with van der Waals surface area (Å²) in [6.45, 7) is 8.11. The topological polar surface area (TPSA) is 29.5 Å². The van der Waals surface area contributed by atoms with E-state index in [-0.39, 0.29) is 11.9 Å². The van der Waals surface area contributed by atoms with Crippen LogP contribution < -0.4 is 4.90 Å². The number of hydrogen-bond donors (Lipinski definition) is 0. The Labute approximate surface area is 109 Å². The van der Waals surface area contributed by atoms with Crippen molar-refractivity contribution in [3.05, 3.63) is 29.8 Å². The Kier molecular flexibility index (Phi) is 4.02. The van der Waals surface area contributed by atoms with Crippen LogP contribution in [0.3, 0.4) is 0 Å². The van der Waals surface area contributed by atoms with Crippen molar-refractivity contribution in [3.8, 4) is 0 Å². The molecule has 0 aromatic heterocycles. The minimum absolute atomic E-state index is 0.110. The third-order valence-corrected chi connectivity index (χ3v) is 3.44. The van der Waals surface area contributed by atoms with E-state index in [2.05, 4.69) is 43.0 Å². The van der Waals surface area contributed by atoms with Gasteiger partial charge in [-0.3, -0.25) is 4.79 Å². The minimum atomic E-state index is -0.275. The summed E-state index contributed by atoms with van der Waals surface area (Å²) in [4.78, 5) is 13.6. The summed E-state index contributed by atoms with van der Waals surface area (Å²) in [7, 11) is 0. The van der Waals surface area contributed by atoms with E-state index in [0.29, 0.717) is 19.1 Å². The first-order valence-corrected chi connectivity index (χ1v) is 6.55. The van der Waals surface area contributed by atoms with Gasteiger partial charge in [-0.2, -0.15) is 0 Å². The Morgan fingerprint density at radius 3 is 2.56 bits per heavy atom. The Morgan fingerprint density at radius 2 is 2.00 bits per heavy atom. The molecule has 0 saturated carbocycles. The number of hydrogen-bond acceptors (Lipinski definition) is 3. The van der Waals surface area contributed by atoms with Crippen LogP contribution in [0, 0.1) is 0 Å². The second-order valence-corrected chi connectivity index (χ2v) is 5.16. The number of anilines is 1. The number of carbonyl (C=O) groups is 1. The number of nitrogens with zero attached hydrogens (tertiary/aromatic N) is 1. The fraction of sp³-hybridized carbons (Fsp3) is 0.533. The first kappa shape index (κ1) is 13.1. The summed E-state index contributed by atoms with van der Waals surface area (Å²) >= 11 is 0. The van der Waals surface area contributed by atoms with Crippen molar-refractivity contribution < 1.29 is 9.53 Å². The van der Waals surface area contributed by atoms with E-state index in [1.165, 1.54) is 11.3 Å². The molecule has 1 atom stereocenters. The highest BCUT2D eigenvalue weighted by atomic mass is 16.5. The molecule has 3 nitrogen and oxygen atoms in total. The molecule has 0 spiro atoms. The van der Waals surface area contributed by atoms with Gasteiger partial charge in [0.05, 0.1) is 13.2 Å². The van der Waals surface area contributed by atoms with E-state index in [4.69, 9.17) is 4.74 Å². The van der Waals surface area contributed by atoms with Crippen LogP contribution in [0.4, 0.5) is 5.69 Å². The SMILES string of the molecule is CC(=O)[C@H]1CN(c2ccc(C(C)C)cc2)CCO1. The fourth-order valence-corrected chi connectivity index (χ4v) is 2.20. The maximum atomic E-state index is 11.4. The maximum absolute atomic E-state index is 11.4. The smallest absolute Gasteiger partial charge is 0.160 e. The molecule has 18 heavy (non-hydrogen) atoms. The Hall–Kier alpha value is -1.35. The summed E-state index contributed by atoms with van der Waals surface area (Å²) in [6.07, 6.45) is -0.275. The molecule has 1 aliphatic rings. The molecule has 98 valence electrons. The molecule has 2 rings (SSSR count). The van der Waals surface area contributed by atoms with Gasteiger partial charge >= 0.3 is 0 Å². The second kappa shape index (κ2) is 5.53. The molecule has 1 aromatic carbocycles. The van der Waals surface area contributed by atoms with Gasteiger partial charge in [-0.25, -0.2) is 0 Å². The van der Waals surface area contributed by atoms with Gasteiger partial charge in [0.2, 0.25) is 0 Å². The van der Waals surface area contributed by atoms with Gasteiger partial charge in [0.15, 0.2) is 5.78 Å². The van der Waals surface area contributed by atoms with Crippen LogP contribution in [0.15, 0.2) is 24.3 Å². The third kappa shape index (κ3) is 2.91. The molecule has 1 heterocycles. The summed E-state index contributed by atoms with van der Waals surface area (Å²) in [6, 6.07) is 8.60. The number of ether oxygens (including phenoxy) is 1. The molecule has 1 aromatic rings. The van der Waals surface area contributed by atoms with Crippen molar-refractivity contribution in [3.63, 3.8) is 0 Å². The molecule has 0 N–H and O–H groups in total. The van der Waals surface area contributed by atoms with E-state index in [9.17, 15) is 4.79 Å². The van der Waals surface area contributed by atoms with Gasteiger partial charge in [0, 0.05) is 12.2 Å². The van der Waals surface area contributed by atoms with E-state index in [0.717, 1.165) is 6.54 Å². The summed E-state index contributed by atoms with van der Waals surface area (Å²) in [5, 5.41) is 0. The maximum Gasteiger partial charge on any atom is 0.160 e. The lowest BCUT2D eigenvalue weighted by Gasteiger charge is -2.33. The molecule has 0 unspecified atom stereocenters.